The summed E-state index contributed by atoms with van der Waals surface area (Å²) in [5.41, 5.74) is 0.591. The van der Waals surface area contributed by atoms with Gasteiger partial charge in [0.05, 0.1) is 46.1 Å². The maximum Gasteiger partial charge on any atom is 0.240 e. The van der Waals surface area contributed by atoms with Gasteiger partial charge in [-0.25, -0.2) is 0 Å². The molecule has 0 aliphatic carbocycles. The number of carbonyl (C=O) groups is 2. The first-order valence-electron chi connectivity index (χ1n) is 9.76. The van der Waals surface area contributed by atoms with E-state index in [0.29, 0.717) is 31.0 Å². The minimum absolute atomic E-state index is 0.0459. The molecule has 1 aromatic heterocycles. The minimum Gasteiger partial charge on any atom is -0.868 e. The van der Waals surface area contributed by atoms with Crippen molar-refractivity contribution in [3.63, 3.8) is 0 Å². The Morgan fingerprint density at radius 1 is 1.28 bits per heavy atom. The highest BCUT2D eigenvalue weighted by Gasteiger charge is 2.40. The molecule has 3 rings (SSSR count). The van der Waals surface area contributed by atoms with Gasteiger partial charge in [0.15, 0.2) is 5.76 Å². The third kappa shape index (κ3) is 4.35. The lowest BCUT2D eigenvalue weighted by molar-refractivity contribution is -0.857. The van der Waals surface area contributed by atoms with Crippen LogP contribution in [0.3, 0.4) is 0 Å². The second-order valence-electron chi connectivity index (χ2n) is 7.33. The molecule has 2 heterocycles. The highest BCUT2D eigenvalue weighted by molar-refractivity contribution is 6.14. The first kappa shape index (κ1) is 20.7. The van der Waals surface area contributed by atoms with Crippen LogP contribution in [0.5, 0.6) is 5.75 Å². The molecule has 0 spiro atoms. The molecular weight excluding hydrogens is 372 g/mol. The summed E-state index contributed by atoms with van der Waals surface area (Å²) in [5.74, 6) is -1.31. The number of amides is 1. The third-order valence-electron chi connectivity index (χ3n) is 4.77. The van der Waals surface area contributed by atoms with Gasteiger partial charge in [-0.2, -0.15) is 0 Å². The molecule has 1 unspecified atom stereocenters. The Kier molecular flexibility index (Phi) is 6.39. The van der Waals surface area contributed by atoms with Gasteiger partial charge in [0.25, 0.3) is 0 Å². The van der Waals surface area contributed by atoms with Crippen LogP contribution >= 0.6 is 0 Å². The fourth-order valence-corrected chi connectivity index (χ4v) is 3.33. The lowest BCUT2D eigenvalue weighted by Gasteiger charge is -2.28. The van der Waals surface area contributed by atoms with E-state index in [-0.39, 0.29) is 11.3 Å². The Labute approximate surface area is 170 Å². The molecule has 1 amide bonds. The molecule has 0 bridgehead atoms. The number of nitrogens with zero attached hydrogens (tertiary/aromatic N) is 1. The Hall–Kier alpha value is -3.06. The Morgan fingerprint density at radius 2 is 2.07 bits per heavy atom. The van der Waals surface area contributed by atoms with E-state index in [1.807, 2.05) is 27.1 Å². The average molecular weight is 398 g/mol. The van der Waals surface area contributed by atoms with E-state index in [0.717, 1.165) is 11.3 Å². The zero-order valence-electron chi connectivity index (χ0n) is 16.9. The van der Waals surface area contributed by atoms with Gasteiger partial charge in [0, 0.05) is 5.57 Å². The van der Waals surface area contributed by atoms with E-state index >= 15 is 0 Å². The number of ketones is 1. The summed E-state index contributed by atoms with van der Waals surface area (Å²) in [7, 11) is 3.93. The predicted molar refractivity (Wildman–Crippen MR) is 104 cm³/mol. The Morgan fingerprint density at radius 3 is 2.72 bits per heavy atom. The van der Waals surface area contributed by atoms with E-state index in [1.165, 1.54) is 17.2 Å². The summed E-state index contributed by atoms with van der Waals surface area (Å²) in [6.45, 7) is 3.56. The van der Waals surface area contributed by atoms with Gasteiger partial charge in [-0.15, -0.1) is 0 Å². The lowest BCUT2D eigenvalue weighted by atomic mass is 9.95. The van der Waals surface area contributed by atoms with Gasteiger partial charge >= 0.3 is 0 Å². The first-order chi connectivity index (χ1) is 13.9. The van der Waals surface area contributed by atoms with Crippen LogP contribution in [0.25, 0.3) is 0 Å². The molecule has 2 aromatic rings. The first-order valence-corrected chi connectivity index (χ1v) is 9.76. The summed E-state index contributed by atoms with van der Waals surface area (Å²) in [5, 5.41) is 12.8. The molecule has 1 aliphatic rings. The Bertz CT molecular complexity index is 902. The van der Waals surface area contributed by atoms with Gasteiger partial charge in [0.2, 0.25) is 11.7 Å². The van der Waals surface area contributed by atoms with E-state index in [1.54, 1.807) is 24.3 Å². The third-order valence-corrected chi connectivity index (χ3v) is 4.77. The van der Waals surface area contributed by atoms with Crippen LogP contribution in [0, 0.1) is 0 Å². The Balaban J connectivity index is 2.03. The topological polar surface area (TPSA) is 87.2 Å². The number of quaternary nitrogens is 1. The summed E-state index contributed by atoms with van der Waals surface area (Å²) < 4.78 is 10.9. The van der Waals surface area contributed by atoms with E-state index < -0.39 is 23.5 Å². The molecule has 1 aliphatic heterocycles. The maximum atomic E-state index is 13.0. The molecular formula is C22H26N2O5. The number of hydrogen-bond donors (Lipinski definition) is 1. The normalized spacial score (nSPS) is 16.8. The summed E-state index contributed by atoms with van der Waals surface area (Å²) >= 11 is 0. The van der Waals surface area contributed by atoms with Crippen molar-refractivity contribution < 1.29 is 28.7 Å². The predicted octanol–water partition coefficient (Wildman–Crippen LogP) is 0.594. The van der Waals surface area contributed by atoms with Crippen LogP contribution in [0.2, 0.25) is 0 Å². The molecule has 0 fully saturated rings. The summed E-state index contributed by atoms with van der Waals surface area (Å²) in [6, 6.07) is 9.53. The van der Waals surface area contributed by atoms with Crippen molar-refractivity contribution in [3.8, 4) is 5.75 Å². The van der Waals surface area contributed by atoms with Gasteiger partial charge in [-0.3, -0.25) is 9.59 Å². The van der Waals surface area contributed by atoms with E-state index in [2.05, 4.69) is 0 Å². The molecule has 0 saturated heterocycles. The quantitative estimate of drug-likeness (QED) is 0.625. The molecule has 7 nitrogen and oxygen atoms in total. The van der Waals surface area contributed by atoms with E-state index in [4.69, 9.17) is 9.15 Å². The van der Waals surface area contributed by atoms with Gasteiger partial charge in [0.1, 0.15) is 5.75 Å². The molecule has 0 saturated carbocycles. The number of benzene rings is 1. The largest absolute Gasteiger partial charge is 0.868 e. The number of ether oxygens (including phenoxy) is 1. The van der Waals surface area contributed by atoms with Crippen molar-refractivity contribution in [2.45, 2.75) is 19.4 Å². The fourth-order valence-electron chi connectivity index (χ4n) is 3.33. The number of rotatable bonds is 9. The number of Topliss-reactive ketones (excluding diaryl/α,β-unsaturated/α-hetero) is 1. The smallest absolute Gasteiger partial charge is 0.240 e. The zero-order valence-corrected chi connectivity index (χ0v) is 16.9. The number of hydrogen-bond acceptors (Lipinski definition) is 5. The van der Waals surface area contributed by atoms with Gasteiger partial charge in [-0.05, 0) is 42.0 Å². The molecule has 1 N–H and O–H groups in total. The number of furan rings is 1. The average Bonchev–Trinajstić information content (AvgIpc) is 3.32. The number of carbonyl (C=O) groups excluding carboxylic acids is 2. The number of likely N-dealkylation sites (N-methyl/N-ethyl adjacent to an activating group) is 1. The molecule has 7 heteroatoms. The highest BCUT2D eigenvalue weighted by Crippen LogP contribution is 2.38. The monoisotopic (exact) mass is 398 g/mol. The molecule has 1 aromatic carbocycles. The van der Waals surface area contributed by atoms with Gasteiger partial charge < -0.3 is 24.1 Å². The highest BCUT2D eigenvalue weighted by atomic mass is 16.5. The standard InChI is InChI=1S/C22H26N2O5/c1-4-12-28-16-8-5-7-15(14-16)19-18(20(25)17-9-6-13-29-17)21(26)22(27)24(19)11-10-23(2)3/h5-9,13-14,19,26H,4,10-12H2,1-3H3. The van der Waals surface area contributed by atoms with Crippen LogP contribution < -0.4 is 14.7 Å². The van der Waals surface area contributed by atoms with Crippen LogP contribution in [0.4, 0.5) is 0 Å². The van der Waals surface area contributed by atoms with Crippen molar-refractivity contribution in [2.24, 2.45) is 0 Å². The van der Waals surface area contributed by atoms with Crippen LogP contribution in [0.1, 0.15) is 35.5 Å². The zero-order chi connectivity index (χ0) is 21.0. The van der Waals surface area contributed by atoms with Crippen LogP contribution in [0.15, 0.2) is 58.4 Å². The second-order valence-corrected chi connectivity index (χ2v) is 7.33. The fraction of sp³-hybridized carbons (Fsp3) is 0.364. The lowest BCUT2D eigenvalue weighted by Crippen LogP contribution is -3.06. The molecule has 154 valence electrons. The van der Waals surface area contributed by atoms with Crippen molar-refractivity contribution in [3.05, 3.63) is 65.3 Å². The maximum absolute atomic E-state index is 13.0. The molecule has 0 radical (unpaired) electrons. The van der Waals surface area contributed by atoms with Gasteiger partial charge in [-0.1, -0.05) is 19.1 Å². The minimum atomic E-state index is -0.773. The van der Waals surface area contributed by atoms with Crippen molar-refractivity contribution in [2.75, 3.05) is 33.8 Å². The molecule has 29 heavy (non-hydrogen) atoms. The van der Waals surface area contributed by atoms with Crippen LogP contribution in [-0.2, 0) is 4.79 Å². The van der Waals surface area contributed by atoms with E-state index in [9.17, 15) is 14.7 Å². The summed E-state index contributed by atoms with van der Waals surface area (Å²) in [6.07, 6.45) is 2.23. The van der Waals surface area contributed by atoms with Crippen molar-refractivity contribution in [1.29, 1.82) is 0 Å². The second kappa shape index (κ2) is 8.96. The van der Waals surface area contributed by atoms with Crippen molar-refractivity contribution in [1.82, 2.24) is 4.90 Å². The summed E-state index contributed by atoms with van der Waals surface area (Å²) in [4.78, 5) is 28.4. The number of nitrogens with one attached hydrogen (secondary N) is 1. The van der Waals surface area contributed by atoms with Crippen molar-refractivity contribution >= 4 is 11.7 Å². The SMILES string of the molecule is CCCOc1cccc(C2C(C(=O)c3ccco3)=C([O-])C(=O)N2CC[NH+](C)C)c1. The van der Waals surface area contributed by atoms with Crippen LogP contribution in [-0.4, -0.2) is 50.4 Å². The molecule has 1 atom stereocenters.